The van der Waals surface area contributed by atoms with Crippen molar-refractivity contribution in [2.45, 2.75) is 20.8 Å². The molecule has 5 heteroatoms. The highest BCUT2D eigenvalue weighted by Crippen LogP contribution is 2.26. The van der Waals surface area contributed by atoms with Crippen LogP contribution in [0.2, 0.25) is 0 Å². The van der Waals surface area contributed by atoms with Crippen LogP contribution >= 0.6 is 0 Å². The van der Waals surface area contributed by atoms with Gasteiger partial charge in [0.25, 0.3) is 0 Å². The fourth-order valence-electron chi connectivity index (χ4n) is 3.19. The topological polar surface area (TPSA) is 44.8 Å². The number of rotatable bonds is 4. The van der Waals surface area contributed by atoms with Crippen molar-refractivity contribution in [1.82, 2.24) is 4.90 Å². The molecule has 0 aromatic heterocycles. The molecule has 1 heterocycles. The number of urea groups is 1. The van der Waals surface area contributed by atoms with Gasteiger partial charge in [-0.15, -0.1) is 0 Å². The lowest BCUT2D eigenvalue weighted by molar-refractivity contribution is 0.208. The van der Waals surface area contributed by atoms with E-state index in [1.54, 1.807) is 0 Å². The number of nitrogens with one attached hydrogen (secondary N) is 1. The van der Waals surface area contributed by atoms with Gasteiger partial charge in [-0.2, -0.15) is 0 Å². The summed E-state index contributed by atoms with van der Waals surface area (Å²) in [6.07, 6.45) is 0. The SMILES string of the molecule is CCOc1cc(C)ccc1NC(=O)N1CCN(c2cccc(C)c2)CC1. The van der Waals surface area contributed by atoms with E-state index in [-0.39, 0.29) is 6.03 Å². The summed E-state index contributed by atoms with van der Waals surface area (Å²) in [6, 6.07) is 14.3. The molecule has 138 valence electrons. The van der Waals surface area contributed by atoms with Gasteiger partial charge in [-0.3, -0.25) is 0 Å². The van der Waals surface area contributed by atoms with E-state index >= 15 is 0 Å². The minimum Gasteiger partial charge on any atom is -0.492 e. The molecule has 0 spiro atoms. The first-order chi connectivity index (χ1) is 12.6. The van der Waals surface area contributed by atoms with Crippen LogP contribution in [0.25, 0.3) is 0 Å². The molecule has 1 N–H and O–H groups in total. The van der Waals surface area contributed by atoms with E-state index in [9.17, 15) is 4.79 Å². The monoisotopic (exact) mass is 353 g/mol. The predicted octanol–water partition coefficient (Wildman–Crippen LogP) is 4.06. The number of carbonyl (C=O) groups is 1. The van der Waals surface area contributed by atoms with E-state index in [0.29, 0.717) is 19.7 Å². The molecule has 1 aliphatic rings. The second kappa shape index (κ2) is 8.13. The van der Waals surface area contributed by atoms with Gasteiger partial charge >= 0.3 is 6.03 Å². The Bertz CT molecular complexity index is 768. The van der Waals surface area contributed by atoms with Crippen LogP contribution in [0.4, 0.5) is 16.2 Å². The smallest absolute Gasteiger partial charge is 0.322 e. The van der Waals surface area contributed by atoms with Gasteiger partial charge in [0, 0.05) is 31.9 Å². The van der Waals surface area contributed by atoms with Crippen LogP contribution in [0.15, 0.2) is 42.5 Å². The zero-order chi connectivity index (χ0) is 18.5. The summed E-state index contributed by atoms with van der Waals surface area (Å²) >= 11 is 0. The van der Waals surface area contributed by atoms with E-state index < -0.39 is 0 Å². The van der Waals surface area contributed by atoms with Crippen molar-refractivity contribution in [2.75, 3.05) is 43.0 Å². The van der Waals surface area contributed by atoms with Crippen LogP contribution in [-0.4, -0.2) is 43.7 Å². The van der Waals surface area contributed by atoms with Crippen LogP contribution in [0.5, 0.6) is 5.75 Å². The highest BCUT2D eigenvalue weighted by Gasteiger charge is 2.22. The number of benzene rings is 2. The van der Waals surface area contributed by atoms with Crippen molar-refractivity contribution < 1.29 is 9.53 Å². The van der Waals surface area contributed by atoms with Crippen LogP contribution in [-0.2, 0) is 0 Å². The maximum absolute atomic E-state index is 12.6. The van der Waals surface area contributed by atoms with Gasteiger partial charge < -0.3 is 19.9 Å². The number of piperazine rings is 1. The third-order valence-corrected chi connectivity index (χ3v) is 4.61. The zero-order valence-electron chi connectivity index (χ0n) is 15.8. The second-order valence-electron chi connectivity index (χ2n) is 6.68. The number of hydrogen-bond donors (Lipinski definition) is 1. The minimum absolute atomic E-state index is 0.0706. The highest BCUT2D eigenvalue weighted by molar-refractivity contribution is 5.91. The molecule has 0 radical (unpaired) electrons. The van der Waals surface area contributed by atoms with E-state index in [0.717, 1.165) is 30.1 Å². The lowest BCUT2D eigenvalue weighted by Crippen LogP contribution is -2.50. The third kappa shape index (κ3) is 4.28. The Labute approximate surface area is 155 Å². The lowest BCUT2D eigenvalue weighted by Gasteiger charge is -2.36. The van der Waals surface area contributed by atoms with E-state index in [4.69, 9.17) is 4.74 Å². The van der Waals surface area contributed by atoms with Gasteiger partial charge in [0.2, 0.25) is 0 Å². The first-order valence-electron chi connectivity index (χ1n) is 9.18. The average Bonchev–Trinajstić information content (AvgIpc) is 2.64. The summed E-state index contributed by atoms with van der Waals surface area (Å²) in [7, 11) is 0. The summed E-state index contributed by atoms with van der Waals surface area (Å²) in [6.45, 7) is 9.71. The molecule has 1 fully saturated rings. The van der Waals surface area contributed by atoms with Crippen molar-refractivity contribution in [3.05, 3.63) is 53.6 Å². The maximum atomic E-state index is 12.6. The molecule has 1 saturated heterocycles. The highest BCUT2D eigenvalue weighted by atomic mass is 16.5. The zero-order valence-corrected chi connectivity index (χ0v) is 15.8. The number of anilines is 2. The number of ether oxygens (including phenoxy) is 1. The molecular formula is C21H27N3O2. The Kier molecular flexibility index (Phi) is 5.66. The Morgan fingerprint density at radius 1 is 1.04 bits per heavy atom. The largest absolute Gasteiger partial charge is 0.492 e. The predicted molar refractivity (Wildman–Crippen MR) is 106 cm³/mol. The lowest BCUT2D eigenvalue weighted by atomic mass is 10.2. The van der Waals surface area contributed by atoms with Crippen LogP contribution in [0.1, 0.15) is 18.1 Å². The molecule has 0 bridgehead atoms. The van der Waals surface area contributed by atoms with Crippen LogP contribution < -0.4 is 15.0 Å². The summed E-state index contributed by atoms with van der Waals surface area (Å²) in [5, 5.41) is 3.00. The van der Waals surface area contributed by atoms with Crippen LogP contribution in [0.3, 0.4) is 0 Å². The first kappa shape index (κ1) is 18.1. The quantitative estimate of drug-likeness (QED) is 0.902. The Morgan fingerprint density at radius 3 is 2.46 bits per heavy atom. The summed E-state index contributed by atoms with van der Waals surface area (Å²) in [5.41, 5.74) is 4.31. The van der Waals surface area contributed by atoms with Crippen molar-refractivity contribution in [1.29, 1.82) is 0 Å². The first-order valence-corrected chi connectivity index (χ1v) is 9.18. The van der Waals surface area contributed by atoms with E-state index in [1.807, 2.05) is 36.9 Å². The number of carbonyl (C=O) groups excluding carboxylic acids is 1. The fraction of sp³-hybridized carbons (Fsp3) is 0.381. The van der Waals surface area contributed by atoms with Crippen molar-refractivity contribution in [3.63, 3.8) is 0 Å². The standard InChI is InChI=1S/C21H27N3O2/c1-4-26-20-15-17(3)8-9-19(20)22-21(25)24-12-10-23(11-13-24)18-7-5-6-16(2)14-18/h5-9,14-15H,4,10-13H2,1-3H3,(H,22,25). The summed E-state index contributed by atoms with van der Waals surface area (Å²) < 4.78 is 5.65. The Hall–Kier alpha value is -2.69. The van der Waals surface area contributed by atoms with Crippen molar-refractivity contribution in [3.8, 4) is 5.75 Å². The minimum atomic E-state index is -0.0706. The molecule has 2 amide bonds. The van der Waals surface area contributed by atoms with Gasteiger partial charge in [-0.25, -0.2) is 4.79 Å². The van der Waals surface area contributed by atoms with E-state index in [2.05, 4.69) is 41.4 Å². The fourth-order valence-corrected chi connectivity index (χ4v) is 3.19. The Morgan fingerprint density at radius 2 is 1.77 bits per heavy atom. The van der Waals surface area contributed by atoms with Gasteiger partial charge in [-0.1, -0.05) is 18.2 Å². The molecule has 3 rings (SSSR count). The molecule has 0 saturated carbocycles. The van der Waals surface area contributed by atoms with Crippen molar-refractivity contribution in [2.24, 2.45) is 0 Å². The molecule has 0 unspecified atom stereocenters. The normalized spacial score (nSPS) is 14.3. The number of nitrogens with zero attached hydrogens (tertiary/aromatic N) is 2. The number of aryl methyl sites for hydroxylation is 2. The second-order valence-corrected chi connectivity index (χ2v) is 6.68. The summed E-state index contributed by atoms with van der Waals surface area (Å²) in [5.74, 6) is 0.722. The van der Waals surface area contributed by atoms with Gasteiger partial charge in [0.15, 0.2) is 0 Å². The molecule has 2 aromatic carbocycles. The van der Waals surface area contributed by atoms with Crippen molar-refractivity contribution >= 4 is 17.4 Å². The number of hydrogen-bond acceptors (Lipinski definition) is 3. The van der Waals surface area contributed by atoms with Gasteiger partial charge in [0.05, 0.1) is 12.3 Å². The Balaban J connectivity index is 1.60. The molecule has 2 aromatic rings. The third-order valence-electron chi connectivity index (χ3n) is 4.61. The molecular weight excluding hydrogens is 326 g/mol. The maximum Gasteiger partial charge on any atom is 0.322 e. The molecule has 0 atom stereocenters. The molecule has 26 heavy (non-hydrogen) atoms. The summed E-state index contributed by atoms with van der Waals surface area (Å²) in [4.78, 5) is 16.8. The van der Waals surface area contributed by atoms with Gasteiger partial charge in [-0.05, 0) is 56.2 Å². The average molecular weight is 353 g/mol. The molecule has 5 nitrogen and oxygen atoms in total. The van der Waals surface area contributed by atoms with Gasteiger partial charge in [0.1, 0.15) is 5.75 Å². The molecule has 1 aliphatic heterocycles. The van der Waals surface area contributed by atoms with Crippen LogP contribution in [0, 0.1) is 13.8 Å². The molecule has 0 aliphatic carbocycles. The van der Waals surface area contributed by atoms with E-state index in [1.165, 1.54) is 11.3 Å². The number of amides is 2.